The van der Waals surface area contributed by atoms with Crippen molar-refractivity contribution in [3.8, 4) is 0 Å². The zero-order chi connectivity index (χ0) is 15.3. The Balaban J connectivity index is 2.81. The Morgan fingerprint density at radius 3 is 2.15 bits per heavy atom. The maximum Gasteiger partial charge on any atom is 0.0462 e. The average molecular weight is 277 g/mol. The molecule has 0 spiro atoms. The molecule has 1 aromatic carbocycles. The Morgan fingerprint density at radius 2 is 1.70 bits per heavy atom. The lowest BCUT2D eigenvalue weighted by Crippen LogP contribution is -2.24. The van der Waals surface area contributed by atoms with Gasteiger partial charge in [-0.15, -0.1) is 0 Å². The molecule has 0 fully saturated rings. The fourth-order valence-electron chi connectivity index (χ4n) is 2.60. The Hall–Kier alpha value is -0.860. The molecule has 1 rings (SSSR count). The number of ether oxygens (including phenoxy) is 1. The highest BCUT2D eigenvalue weighted by molar-refractivity contribution is 5.40. The zero-order valence-electron chi connectivity index (χ0n) is 14.0. The van der Waals surface area contributed by atoms with Crippen LogP contribution in [0.4, 0.5) is 0 Å². The Kier molecular flexibility index (Phi) is 6.22. The number of hydrogen-bond acceptors (Lipinski definition) is 2. The molecule has 0 aliphatic carbocycles. The van der Waals surface area contributed by atoms with E-state index in [9.17, 15) is 0 Å². The van der Waals surface area contributed by atoms with Crippen LogP contribution in [0.2, 0.25) is 0 Å². The van der Waals surface area contributed by atoms with E-state index in [0.717, 1.165) is 25.9 Å². The predicted molar refractivity (Wildman–Crippen MR) is 87.4 cm³/mol. The summed E-state index contributed by atoms with van der Waals surface area (Å²) in [4.78, 5) is 0. The highest BCUT2D eigenvalue weighted by atomic mass is 16.5. The molecule has 114 valence electrons. The van der Waals surface area contributed by atoms with Crippen LogP contribution in [0.25, 0.3) is 0 Å². The van der Waals surface area contributed by atoms with E-state index in [4.69, 9.17) is 10.5 Å². The number of aryl methyl sites for hydroxylation is 2. The number of nitrogens with two attached hydrogens (primary N) is 1. The molecule has 0 aromatic heterocycles. The summed E-state index contributed by atoms with van der Waals surface area (Å²) in [5.74, 6) is 0. The molecule has 2 N–H and O–H groups in total. The van der Waals surface area contributed by atoms with Crippen LogP contribution in [0.3, 0.4) is 0 Å². The van der Waals surface area contributed by atoms with E-state index in [1.54, 1.807) is 7.11 Å². The molecule has 0 saturated carbocycles. The third-order valence-electron chi connectivity index (χ3n) is 3.95. The van der Waals surface area contributed by atoms with E-state index in [1.807, 2.05) is 0 Å². The fourth-order valence-corrected chi connectivity index (χ4v) is 2.60. The second-order valence-corrected chi connectivity index (χ2v) is 6.94. The lowest BCUT2D eigenvalue weighted by Gasteiger charge is -2.23. The van der Waals surface area contributed by atoms with E-state index >= 15 is 0 Å². The van der Waals surface area contributed by atoms with Crippen molar-refractivity contribution in [3.05, 3.63) is 34.4 Å². The monoisotopic (exact) mass is 277 g/mol. The SMILES string of the molecule is COCCCC(N)Cc1c(C)cc(C(C)(C)C)cc1C. The second kappa shape index (κ2) is 7.24. The maximum atomic E-state index is 6.25. The van der Waals surface area contributed by atoms with Crippen molar-refractivity contribution < 1.29 is 4.74 Å². The lowest BCUT2D eigenvalue weighted by atomic mass is 9.83. The van der Waals surface area contributed by atoms with Crippen LogP contribution in [0.5, 0.6) is 0 Å². The van der Waals surface area contributed by atoms with Gasteiger partial charge < -0.3 is 10.5 Å². The fraction of sp³-hybridized carbons (Fsp3) is 0.667. The molecule has 2 nitrogen and oxygen atoms in total. The molecular weight excluding hydrogens is 246 g/mol. The number of rotatable bonds is 6. The molecule has 0 aliphatic heterocycles. The minimum atomic E-state index is 0.203. The van der Waals surface area contributed by atoms with Gasteiger partial charge >= 0.3 is 0 Å². The van der Waals surface area contributed by atoms with Gasteiger partial charge in [0, 0.05) is 19.8 Å². The van der Waals surface area contributed by atoms with Gasteiger partial charge in [-0.25, -0.2) is 0 Å². The predicted octanol–water partition coefficient (Wildman–Crippen LogP) is 3.90. The molecule has 0 aliphatic rings. The molecule has 0 saturated heterocycles. The van der Waals surface area contributed by atoms with Crippen LogP contribution in [-0.4, -0.2) is 19.8 Å². The number of methoxy groups -OCH3 is 1. The van der Waals surface area contributed by atoms with Crippen molar-refractivity contribution in [1.29, 1.82) is 0 Å². The quantitative estimate of drug-likeness (QED) is 0.800. The standard InChI is InChI=1S/C18H31NO/c1-13-10-15(18(3,4)5)11-14(2)17(13)12-16(19)8-7-9-20-6/h10-11,16H,7-9,12,19H2,1-6H3. The van der Waals surface area contributed by atoms with E-state index in [0.29, 0.717) is 0 Å². The molecule has 0 radical (unpaired) electrons. The topological polar surface area (TPSA) is 35.2 Å². The van der Waals surface area contributed by atoms with Crippen molar-refractivity contribution in [3.63, 3.8) is 0 Å². The molecule has 1 unspecified atom stereocenters. The molecule has 0 heterocycles. The van der Waals surface area contributed by atoms with Gasteiger partial charge in [0.1, 0.15) is 0 Å². The Morgan fingerprint density at radius 1 is 1.15 bits per heavy atom. The summed E-state index contributed by atoms with van der Waals surface area (Å²) in [6, 6.07) is 4.87. The molecule has 0 bridgehead atoms. The van der Waals surface area contributed by atoms with Gasteiger partial charge in [0.2, 0.25) is 0 Å². The van der Waals surface area contributed by atoms with E-state index in [1.165, 1.54) is 22.3 Å². The summed E-state index contributed by atoms with van der Waals surface area (Å²) in [6.07, 6.45) is 3.02. The largest absolute Gasteiger partial charge is 0.385 e. The molecule has 20 heavy (non-hydrogen) atoms. The van der Waals surface area contributed by atoms with Crippen molar-refractivity contribution >= 4 is 0 Å². The van der Waals surface area contributed by atoms with Gasteiger partial charge in [0.15, 0.2) is 0 Å². The van der Waals surface area contributed by atoms with Crippen LogP contribution >= 0.6 is 0 Å². The first-order chi connectivity index (χ1) is 9.25. The summed E-state index contributed by atoms with van der Waals surface area (Å²) in [6.45, 7) is 12.0. The average Bonchev–Trinajstić information content (AvgIpc) is 2.32. The summed E-state index contributed by atoms with van der Waals surface area (Å²) in [5, 5.41) is 0. The van der Waals surface area contributed by atoms with Crippen LogP contribution < -0.4 is 5.73 Å². The first kappa shape index (κ1) is 17.2. The van der Waals surface area contributed by atoms with Gasteiger partial charge in [-0.3, -0.25) is 0 Å². The highest BCUT2D eigenvalue weighted by Crippen LogP contribution is 2.27. The molecular formula is C18H31NO. The van der Waals surface area contributed by atoms with Crippen molar-refractivity contribution in [2.24, 2.45) is 5.73 Å². The second-order valence-electron chi connectivity index (χ2n) is 6.94. The third-order valence-corrected chi connectivity index (χ3v) is 3.95. The summed E-state index contributed by atoms with van der Waals surface area (Å²) >= 11 is 0. The summed E-state index contributed by atoms with van der Waals surface area (Å²) in [5.41, 5.74) is 12.0. The minimum absolute atomic E-state index is 0.203. The van der Waals surface area contributed by atoms with Crippen LogP contribution in [0.15, 0.2) is 12.1 Å². The Bertz CT molecular complexity index is 409. The van der Waals surface area contributed by atoms with E-state index in [2.05, 4.69) is 46.8 Å². The van der Waals surface area contributed by atoms with Crippen molar-refractivity contribution in [2.75, 3.05) is 13.7 Å². The molecule has 1 aromatic rings. The molecule has 0 amide bonds. The first-order valence-electron chi connectivity index (χ1n) is 7.61. The molecule has 2 heteroatoms. The number of hydrogen-bond donors (Lipinski definition) is 1. The van der Waals surface area contributed by atoms with E-state index in [-0.39, 0.29) is 11.5 Å². The van der Waals surface area contributed by atoms with Crippen LogP contribution in [-0.2, 0) is 16.6 Å². The summed E-state index contributed by atoms with van der Waals surface area (Å²) in [7, 11) is 1.74. The molecule has 1 atom stereocenters. The smallest absolute Gasteiger partial charge is 0.0462 e. The highest BCUT2D eigenvalue weighted by Gasteiger charge is 2.17. The van der Waals surface area contributed by atoms with Gasteiger partial charge in [0.25, 0.3) is 0 Å². The minimum Gasteiger partial charge on any atom is -0.385 e. The summed E-state index contributed by atoms with van der Waals surface area (Å²) < 4.78 is 5.09. The van der Waals surface area contributed by atoms with Crippen molar-refractivity contribution in [1.82, 2.24) is 0 Å². The first-order valence-corrected chi connectivity index (χ1v) is 7.61. The normalized spacial score (nSPS) is 13.6. The van der Waals surface area contributed by atoms with Gasteiger partial charge in [-0.05, 0) is 60.8 Å². The van der Waals surface area contributed by atoms with Gasteiger partial charge in [-0.1, -0.05) is 32.9 Å². The Labute approximate surface area is 124 Å². The van der Waals surface area contributed by atoms with Gasteiger partial charge in [-0.2, -0.15) is 0 Å². The van der Waals surface area contributed by atoms with E-state index < -0.39 is 0 Å². The number of benzene rings is 1. The zero-order valence-corrected chi connectivity index (χ0v) is 14.0. The maximum absolute atomic E-state index is 6.25. The van der Waals surface area contributed by atoms with Crippen molar-refractivity contribution in [2.45, 2.75) is 65.3 Å². The van der Waals surface area contributed by atoms with Crippen LogP contribution in [0.1, 0.15) is 55.9 Å². The third kappa shape index (κ3) is 4.92. The van der Waals surface area contributed by atoms with Gasteiger partial charge in [0.05, 0.1) is 0 Å². The lowest BCUT2D eigenvalue weighted by molar-refractivity contribution is 0.190. The van der Waals surface area contributed by atoms with Crippen LogP contribution in [0, 0.1) is 13.8 Å².